The SMILES string of the molecule is Cc1cc(CC(=O)N2CCC(C)CC2)cnc1OCCCCCC1CCNCC1. The summed E-state index contributed by atoms with van der Waals surface area (Å²) in [4.78, 5) is 19.0. The van der Waals surface area contributed by atoms with E-state index in [9.17, 15) is 4.79 Å². The molecule has 29 heavy (non-hydrogen) atoms. The summed E-state index contributed by atoms with van der Waals surface area (Å²) >= 11 is 0. The first-order chi connectivity index (χ1) is 14.1. The molecule has 3 rings (SSSR count). The van der Waals surface area contributed by atoms with Crippen molar-refractivity contribution in [2.75, 3.05) is 32.8 Å². The summed E-state index contributed by atoms with van der Waals surface area (Å²) in [5, 5.41) is 3.43. The Bertz CT molecular complexity index is 635. The van der Waals surface area contributed by atoms with Crippen LogP contribution in [0.25, 0.3) is 0 Å². The van der Waals surface area contributed by atoms with Gasteiger partial charge in [0.15, 0.2) is 0 Å². The molecule has 2 aliphatic heterocycles. The topological polar surface area (TPSA) is 54.5 Å². The van der Waals surface area contributed by atoms with Gasteiger partial charge in [0, 0.05) is 24.8 Å². The number of hydrogen-bond donors (Lipinski definition) is 1. The predicted octanol–water partition coefficient (Wildman–Crippen LogP) is 4.13. The zero-order valence-corrected chi connectivity index (χ0v) is 18.4. The van der Waals surface area contributed by atoms with E-state index in [1.807, 2.05) is 18.0 Å². The van der Waals surface area contributed by atoms with Crippen LogP contribution in [-0.4, -0.2) is 48.6 Å². The molecule has 162 valence electrons. The molecule has 0 aliphatic carbocycles. The van der Waals surface area contributed by atoms with Crippen molar-refractivity contribution in [2.45, 2.75) is 71.6 Å². The van der Waals surface area contributed by atoms with Gasteiger partial charge in [-0.15, -0.1) is 0 Å². The number of aromatic nitrogens is 1. The summed E-state index contributed by atoms with van der Waals surface area (Å²) in [5.74, 6) is 2.60. The van der Waals surface area contributed by atoms with Crippen molar-refractivity contribution in [2.24, 2.45) is 11.8 Å². The highest BCUT2D eigenvalue weighted by Gasteiger charge is 2.20. The monoisotopic (exact) mass is 401 g/mol. The van der Waals surface area contributed by atoms with Crippen LogP contribution in [0.4, 0.5) is 0 Å². The maximum Gasteiger partial charge on any atom is 0.227 e. The molecule has 0 spiro atoms. The lowest BCUT2D eigenvalue weighted by Gasteiger charge is -2.30. The number of ether oxygens (including phenoxy) is 1. The largest absolute Gasteiger partial charge is 0.477 e. The third-order valence-corrected chi connectivity index (χ3v) is 6.53. The Kier molecular flexibility index (Phi) is 8.78. The molecule has 1 N–H and O–H groups in total. The zero-order chi connectivity index (χ0) is 20.5. The highest BCUT2D eigenvalue weighted by atomic mass is 16.5. The number of hydrogen-bond acceptors (Lipinski definition) is 4. The molecule has 5 nitrogen and oxygen atoms in total. The van der Waals surface area contributed by atoms with Gasteiger partial charge in [0.2, 0.25) is 11.8 Å². The second kappa shape index (κ2) is 11.5. The number of unbranched alkanes of at least 4 members (excludes halogenated alkanes) is 2. The van der Waals surface area contributed by atoms with E-state index in [4.69, 9.17) is 4.74 Å². The van der Waals surface area contributed by atoms with E-state index in [-0.39, 0.29) is 5.91 Å². The van der Waals surface area contributed by atoms with Gasteiger partial charge in [0.05, 0.1) is 13.0 Å². The molecule has 0 aromatic carbocycles. The first kappa shape index (κ1) is 22.1. The molecule has 5 heteroatoms. The zero-order valence-electron chi connectivity index (χ0n) is 18.4. The van der Waals surface area contributed by atoms with E-state index in [1.54, 1.807) is 0 Å². The van der Waals surface area contributed by atoms with Crippen LogP contribution < -0.4 is 10.1 Å². The Balaban J connectivity index is 1.34. The predicted molar refractivity (Wildman–Crippen MR) is 117 cm³/mol. The molecule has 0 unspecified atom stereocenters. The molecule has 2 fully saturated rings. The minimum absolute atomic E-state index is 0.223. The lowest BCUT2D eigenvalue weighted by Crippen LogP contribution is -2.38. The summed E-state index contributed by atoms with van der Waals surface area (Å²) < 4.78 is 5.90. The van der Waals surface area contributed by atoms with Crippen molar-refractivity contribution in [3.63, 3.8) is 0 Å². The average Bonchev–Trinajstić information content (AvgIpc) is 2.73. The fourth-order valence-corrected chi connectivity index (χ4v) is 4.46. The summed E-state index contributed by atoms with van der Waals surface area (Å²) in [6.07, 6.45) is 12.1. The van der Waals surface area contributed by atoms with E-state index >= 15 is 0 Å². The van der Waals surface area contributed by atoms with Crippen molar-refractivity contribution in [3.8, 4) is 5.88 Å². The number of aryl methyl sites for hydroxylation is 1. The number of carbonyl (C=O) groups excluding carboxylic acids is 1. The van der Waals surface area contributed by atoms with E-state index in [1.165, 1.54) is 45.2 Å². The van der Waals surface area contributed by atoms with Gasteiger partial charge in [-0.3, -0.25) is 4.79 Å². The Morgan fingerprint density at radius 2 is 1.93 bits per heavy atom. The Labute approximate surface area is 176 Å². The highest BCUT2D eigenvalue weighted by Crippen LogP contribution is 2.21. The molecule has 1 aromatic rings. The highest BCUT2D eigenvalue weighted by molar-refractivity contribution is 5.78. The fourth-order valence-electron chi connectivity index (χ4n) is 4.46. The Hall–Kier alpha value is -1.62. The van der Waals surface area contributed by atoms with Crippen molar-refractivity contribution in [3.05, 3.63) is 23.4 Å². The van der Waals surface area contributed by atoms with Crippen LogP contribution in [0.5, 0.6) is 5.88 Å². The lowest BCUT2D eigenvalue weighted by atomic mass is 9.92. The third kappa shape index (κ3) is 7.29. The normalized spacial score (nSPS) is 18.8. The molecule has 1 aromatic heterocycles. The van der Waals surface area contributed by atoms with Gasteiger partial charge < -0.3 is 15.0 Å². The van der Waals surface area contributed by atoms with Gasteiger partial charge in [-0.05, 0) is 75.6 Å². The molecule has 0 radical (unpaired) electrons. The first-order valence-electron chi connectivity index (χ1n) is 11.7. The van der Waals surface area contributed by atoms with Crippen molar-refractivity contribution >= 4 is 5.91 Å². The van der Waals surface area contributed by atoms with Crippen molar-refractivity contribution in [1.82, 2.24) is 15.2 Å². The van der Waals surface area contributed by atoms with E-state index in [0.717, 1.165) is 61.9 Å². The summed E-state index contributed by atoms with van der Waals surface area (Å²) in [7, 11) is 0. The molecule has 0 atom stereocenters. The van der Waals surface area contributed by atoms with Gasteiger partial charge in [0.25, 0.3) is 0 Å². The molecule has 2 aliphatic rings. The fraction of sp³-hybridized carbons (Fsp3) is 0.750. The minimum atomic E-state index is 0.223. The smallest absolute Gasteiger partial charge is 0.227 e. The number of nitrogens with one attached hydrogen (secondary N) is 1. The second-order valence-electron chi connectivity index (χ2n) is 9.10. The number of rotatable bonds is 9. The molecule has 2 saturated heterocycles. The van der Waals surface area contributed by atoms with Crippen LogP contribution >= 0.6 is 0 Å². The third-order valence-electron chi connectivity index (χ3n) is 6.53. The van der Waals surface area contributed by atoms with Crippen molar-refractivity contribution in [1.29, 1.82) is 0 Å². The maximum absolute atomic E-state index is 12.5. The Morgan fingerprint density at radius 3 is 2.66 bits per heavy atom. The number of pyridine rings is 1. The summed E-state index contributed by atoms with van der Waals surface area (Å²) in [5.41, 5.74) is 2.01. The summed E-state index contributed by atoms with van der Waals surface area (Å²) in [6.45, 7) is 9.19. The Morgan fingerprint density at radius 1 is 1.17 bits per heavy atom. The van der Waals surface area contributed by atoms with Gasteiger partial charge in [-0.1, -0.05) is 26.2 Å². The van der Waals surface area contributed by atoms with Crippen LogP contribution in [0.15, 0.2) is 12.3 Å². The molecular formula is C24H39N3O2. The standard InChI is InChI=1S/C24H39N3O2/c1-19-9-13-27(14-10-19)23(28)17-22-16-20(2)24(26-18-22)29-15-5-3-4-6-21-7-11-25-12-8-21/h16,18-19,21,25H,3-15,17H2,1-2H3. The van der Waals surface area contributed by atoms with E-state index in [2.05, 4.69) is 23.3 Å². The molecule has 3 heterocycles. The number of likely N-dealkylation sites (tertiary alicyclic amines) is 1. The number of carbonyl (C=O) groups is 1. The van der Waals surface area contributed by atoms with Crippen LogP contribution in [0.1, 0.15) is 69.4 Å². The van der Waals surface area contributed by atoms with Gasteiger partial charge in [-0.25, -0.2) is 4.98 Å². The molecule has 0 saturated carbocycles. The van der Waals surface area contributed by atoms with Gasteiger partial charge in [-0.2, -0.15) is 0 Å². The average molecular weight is 402 g/mol. The number of amides is 1. The number of nitrogens with zero attached hydrogens (tertiary/aromatic N) is 2. The molecule has 1 amide bonds. The molecule has 0 bridgehead atoms. The van der Waals surface area contributed by atoms with Crippen LogP contribution in [0.2, 0.25) is 0 Å². The second-order valence-corrected chi connectivity index (χ2v) is 9.10. The van der Waals surface area contributed by atoms with Crippen LogP contribution in [-0.2, 0) is 11.2 Å². The first-order valence-corrected chi connectivity index (χ1v) is 11.7. The molecular weight excluding hydrogens is 362 g/mol. The van der Waals surface area contributed by atoms with Crippen LogP contribution in [0, 0.1) is 18.8 Å². The van der Waals surface area contributed by atoms with Gasteiger partial charge >= 0.3 is 0 Å². The van der Waals surface area contributed by atoms with E-state index in [0.29, 0.717) is 12.3 Å². The van der Waals surface area contributed by atoms with Crippen molar-refractivity contribution < 1.29 is 9.53 Å². The minimum Gasteiger partial charge on any atom is -0.477 e. The van der Waals surface area contributed by atoms with Gasteiger partial charge in [0.1, 0.15) is 0 Å². The quantitative estimate of drug-likeness (QED) is 0.632. The number of piperidine rings is 2. The van der Waals surface area contributed by atoms with E-state index < -0.39 is 0 Å². The summed E-state index contributed by atoms with van der Waals surface area (Å²) in [6, 6.07) is 2.06. The lowest BCUT2D eigenvalue weighted by molar-refractivity contribution is -0.131. The van der Waals surface area contributed by atoms with Crippen LogP contribution in [0.3, 0.4) is 0 Å². The maximum atomic E-state index is 12.5.